The molecule has 0 spiro atoms. The molecule has 0 radical (unpaired) electrons. The Hall–Kier alpha value is -1.64. The zero-order chi connectivity index (χ0) is 14.5. The smallest absolute Gasteiger partial charge is 0.204 e. The van der Waals surface area contributed by atoms with E-state index in [-0.39, 0.29) is 5.92 Å². The number of hydrogen-bond acceptors (Lipinski definition) is 1. The highest BCUT2D eigenvalue weighted by atomic mass is 28.3. The summed E-state index contributed by atoms with van der Waals surface area (Å²) < 4.78 is 6.10. The third kappa shape index (κ3) is 3.34. The highest BCUT2D eigenvalue weighted by molar-refractivity contribution is 6.60. The fourth-order valence-corrected chi connectivity index (χ4v) is 5.75. The second-order valence-electron chi connectivity index (χ2n) is 5.68. The Kier molecular flexibility index (Phi) is 4.68. The minimum Gasteiger partial charge on any atom is -0.416 e. The summed E-state index contributed by atoms with van der Waals surface area (Å²) in [7, 11) is -1.31. The summed E-state index contributed by atoms with van der Waals surface area (Å²) in [4.78, 5) is 0. The first-order valence-corrected chi connectivity index (χ1v) is 9.63. The van der Waals surface area contributed by atoms with Crippen LogP contribution >= 0.6 is 0 Å². The molecule has 0 aromatic heterocycles. The van der Waals surface area contributed by atoms with Crippen LogP contribution in [0, 0.1) is 0 Å². The van der Waals surface area contributed by atoms with Crippen LogP contribution in [0.2, 0.25) is 6.04 Å². The SMILES string of the molecule is C=C(C(c1ccccc1)c1ccccc1)[SiH]1CCCCO1. The summed E-state index contributed by atoms with van der Waals surface area (Å²) in [5.41, 5.74) is 2.66. The Balaban J connectivity index is 1.94. The Morgan fingerprint density at radius 3 is 1.95 bits per heavy atom. The Labute approximate surface area is 129 Å². The Morgan fingerprint density at radius 1 is 0.905 bits per heavy atom. The van der Waals surface area contributed by atoms with Crippen LogP contribution < -0.4 is 0 Å². The van der Waals surface area contributed by atoms with Gasteiger partial charge in [0.1, 0.15) is 0 Å². The average Bonchev–Trinajstić information content (AvgIpc) is 2.58. The number of benzene rings is 2. The predicted octanol–water partition coefficient (Wildman–Crippen LogP) is 4.45. The molecule has 1 saturated heterocycles. The molecule has 1 nitrogen and oxygen atoms in total. The van der Waals surface area contributed by atoms with Crippen molar-refractivity contribution in [3.05, 3.63) is 83.6 Å². The molecule has 0 saturated carbocycles. The van der Waals surface area contributed by atoms with Crippen LogP contribution in [-0.4, -0.2) is 15.6 Å². The first-order valence-electron chi connectivity index (χ1n) is 7.76. The lowest BCUT2D eigenvalue weighted by atomic mass is 9.91. The van der Waals surface area contributed by atoms with Gasteiger partial charge >= 0.3 is 0 Å². The lowest BCUT2D eigenvalue weighted by Gasteiger charge is -2.29. The van der Waals surface area contributed by atoms with Crippen LogP contribution in [0.3, 0.4) is 0 Å². The predicted molar refractivity (Wildman–Crippen MR) is 91.0 cm³/mol. The standard InChI is InChI=1S/C19H22OSi/c1-16(21-15-9-8-14-20-21)19(17-10-4-2-5-11-17)18-12-6-3-7-13-18/h2-7,10-13,19,21H,1,8-9,14-15H2. The first kappa shape index (κ1) is 14.3. The van der Waals surface area contributed by atoms with Crippen LogP contribution in [0.15, 0.2) is 72.4 Å². The third-order valence-corrected chi connectivity index (χ3v) is 6.96. The van der Waals surface area contributed by atoms with E-state index < -0.39 is 9.04 Å². The molecule has 2 heteroatoms. The van der Waals surface area contributed by atoms with E-state index in [2.05, 4.69) is 67.2 Å². The van der Waals surface area contributed by atoms with Crippen molar-refractivity contribution < 1.29 is 4.43 Å². The normalized spacial score (nSPS) is 18.6. The second-order valence-corrected chi connectivity index (χ2v) is 8.31. The molecule has 2 aromatic carbocycles. The minimum atomic E-state index is -1.31. The molecule has 21 heavy (non-hydrogen) atoms. The van der Waals surface area contributed by atoms with Crippen molar-refractivity contribution in [3.8, 4) is 0 Å². The van der Waals surface area contributed by atoms with Gasteiger partial charge in [-0.25, -0.2) is 0 Å². The molecule has 2 aromatic rings. The zero-order valence-corrected chi connectivity index (χ0v) is 13.5. The maximum atomic E-state index is 6.10. The van der Waals surface area contributed by atoms with E-state index in [0.29, 0.717) is 0 Å². The highest BCUT2D eigenvalue weighted by Gasteiger charge is 2.27. The average molecular weight is 294 g/mol. The quantitative estimate of drug-likeness (QED) is 0.757. The third-order valence-electron chi connectivity index (χ3n) is 4.23. The van der Waals surface area contributed by atoms with Crippen molar-refractivity contribution >= 4 is 9.04 Å². The fourth-order valence-electron chi connectivity index (χ4n) is 3.13. The van der Waals surface area contributed by atoms with Gasteiger partial charge in [0.05, 0.1) is 0 Å². The maximum absolute atomic E-state index is 6.10. The van der Waals surface area contributed by atoms with E-state index in [1.807, 2.05) is 0 Å². The zero-order valence-electron chi connectivity index (χ0n) is 12.4. The van der Waals surface area contributed by atoms with Gasteiger partial charge in [-0.2, -0.15) is 0 Å². The van der Waals surface area contributed by atoms with Gasteiger partial charge in [0.25, 0.3) is 0 Å². The maximum Gasteiger partial charge on any atom is 0.204 e. The summed E-state index contributed by atoms with van der Waals surface area (Å²) in [5, 5.41) is 1.33. The summed E-state index contributed by atoms with van der Waals surface area (Å²) in [6, 6.07) is 22.7. The van der Waals surface area contributed by atoms with E-state index in [4.69, 9.17) is 4.43 Å². The lowest BCUT2D eigenvalue weighted by Crippen LogP contribution is -2.29. The van der Waals surface area contributed by atoms with E-state index >= 15 is 0 Å². The molecule has 0 aliphatic carbocycles. The summed E-state index contributed by atoms with van der Waals surface area (Å²) in [6.45, 7) is 5.39. The Bertz CT molecular complexity index is 534. The topological polar surface area (TPSA) is 9.23 Å². The van der Waals surface area contributed by atoms with Crippen molar-refractivity contribution in [2.75, 3.05) is 6.61 Å². The molecule has 1 aliphatic heterocycles. The van der Waals surface area contributed by atoms with Gasteiger partial charge in [-0.15, -0.1) is 6.58 Å². The van der Waals surface area contributed by atoms with E-state index in [1.54, 1.807) is 0 Å². The van der Waals surface area contributed by atoms with Gasteiger partial charge in [0.2, 0.25) is 9.04 Å². The number of allylic oxidation sites excluding steroid dienone is 1. The van der Waals surface area contributed by atoms with Gasteiger partial charge in [-0.1, -0.05) is 72.3 Å². The first-order chi connectivity index (χ1) is 10.4. The lowest BCUT2D eigenvalue weighted by molar-refractivity contribution is 0.291. The van der Waals surface area contributed by atoms with E-state index in [1.165, 1.54) is 35.2 Å². The largest absolute Gasteiger partial charge is 0.416 e. The van der Waals surface area contributed by atoms with Crippen molar-refractivity contribution in [1.82, 2.24) is 0 Å². The molecule has 1 heterocycles. The molecule has 108 valence electrons. The van der Waals surface area contributed by atoms with Crippen LogP contribution in [0.25, 0.3) is 0 Å². The van der Waals surface area contributed by atoms with Gasteiger partial charge in [-0.05, 0) is 23.6 Å². The molecule has 0 N–H and O–H groups in total. The van der Waals surface area contributed by atoms with Gasteiger partial charge in [0, 0.05) is 12.5 Å². The summed E-state index contributed by atoms with van der Waals surface area (Å²) in [6.07, 6.45) is 2.50. The Morgan fingerprint density at radius 2 is 1.48 bits per heavy atom. The van der Waals surface area contributed by atoms with Gasteiger partial charge in [-0.3, -0.25) is 0 Å². The summed E-state index contributed by atoms with van der Waals surface area (Å²) >= 11 is 0. The fraction of sp³-hybridized carbons (Fsp3) is 0.263. The van der Waals surface area contributed by atoms with Crippen LogP contribution in [0.5, 0.6) is 0 Å². The molecule has 3 rings (SSSR count). The number of hydrogen-bond donors (Lipinski definition) is 0. The molecular weight excluding hydrogens is 272 g/mol. The van der Waals surface area contributed by atoms with Crippen molar-refractivity contribution in [1.29, 1.82) is 0 Å². The molecule has 1 fully saturated rings. The van der Waals surface area contributed by atoms with E-state index in [0.717, 1.165) is 6.61 Å². The monoisotopic (exact) mass is 294 g/mol. The van der Waals surface area contributed by atoms with Crippen LogP contribution in [0.1, 0.15) is 29.9 Å². The highest BCUT2D eigenvalue weighted by Crippen LogP contribution is 2.34. The van der Waals surface area contributed by atoms with Gasteiger partial charge < -0.3 is 4.43 Å². The summed E-state index contributed by atoms with van der Waals surface area (Å²) in [5.74, 6) is 0.280. The van der Waals surface area contributed by atoms with Crippen molar-refractivity contribution in [2.45, 2.75) is 24.8 Å². The van der Waals surface area contributed by atoms with E-state index in [9.17, 15) is 0 Å². The second kappa shape index (κ2) is 6.88. The number of rotatable bonds is 4. The molecule has 0 bridgehead atoms. The van der Waals surface area contributed by atoms with Crippen molar-refractivity contribution in [2.24, 2.45) is 0 Å². The van der Waals surface area contributed by atoms with Crippen LogP contribution in [-0.2, 0) is 4.43 Å². The minimum absolute atomic E-state index is 0.280. The van der Waals surface area contributed by atoms with Gasteiger partial charge in [0.15, 0.2) is 0 Å². The molecular formula is C19H22OSi. The molecule has 0 amide bonds. The van der Waals surface area contributed by atoms with Crippen molar-refractivity contribution in [3.63, 3.8) is 0 Å². The molecule has 1 aliphatic rings. The molecule has 1 atom stereocenters. The molecule has 1 unspecified atom stereocenters. The van der Waals surface area contributed by atoms with Crippen LogP contribution in [0.4, 0.5) is 0 Å².